The van der Waals surface area contributed by atoms with Crippen molar-refractivity contribution in [2.75, 3.05) is 0 Å². The minimum atomic E-state index is 0.298. The highest BCUT2D eigenvalue weighted by atomic mass is 15.1. The molecule has 4 aromatic carbocycles. The Labute approximate surface area is 202 Å². The van der Waals surface area contributed by atoms with Crippen molar-refractivity contribution < 1.29 is 0 Å². The normalized spacial score (nSPS) is 29.8. The van der Waals surface area contributed by atoms with E-state index in [2.05, 4.69) is 95.6 Å². The van der Waals surface area contributed by atoms with Crippen LogP contribution in [-0.2, 0) is 13.1 Å². The van der Waals surface area contributed by atoms with Crippen molar-refractivity contribution in [3.8, 4) is 0 Å². The van der Waals surface area contributed by atoms with Gasteiger partial charge in [0.05, 0.1) is 0 Å². The number of benzene rings is 4. The van der Waals surface area contributed by atoms with Crippen molar-refractivity contribution >= 4 is 21.5 Å². The first-order valence-electron chi connectivity index (χ1n) is 13.1. The SMILES string of the molecule is c1ccc2cc(CNC34CC5CC(C3)CC(NCc3ccc6ccccc6c3)(C5)C4)ccc2c1. The van der Waals surface area contributed by atoms with Gasteiger partial charge in [-0.1, -0.05) is 72.8 Å². The molecule has 0 amide bonds. The van der Waals surface area contributed by atoms with E-state index in [0.29, 0.717) is 11.1 Å². The highest BCUT2D eigenvalue weighted by Gasteiger charge is 2.57. The van der Waals surface area contributed by atoms with Gasteiger partial charge in [-0.25, -0.2) is 0 Å². The summed E-state index contributed by atoms with van der Waals surface area (Å²) >= 11 is 0. The summed E-state index contributed by atoms with van der Waals surface area (Å²) in [4.78, 5) is 0. The third-order valence-corrected chi connectivity index (χ3v) is 9.02. The third kappa shape index (κ3) is 3.74. The standard InChI is InChI=1S/C32H34N2/c1-3-7-29-14-23(9-11-27(29)5-1)20-33-31-16-25-13-26(17-31)19-32(18-25,22-31)34-21-24-10-12-28-6-2-4-8-30(28)15-24/h1-12,14-15,25-26,33-34H,13,16-22H2. The topological polar surface area (TPSA) is 24.1 Å². The fourth-order valence-electron chi connectivity index (χ4n) is 7.95. The van der Waals surface area contributed by atoms with Crippen LogP contribution in [0.2, 0.25) is 0 Å². The molecule has 4 saturated carbocycles. The molecule has 2 nitrogen and oxygen atoms in total. The van der Waals surface area contributed by atoms with Crippen LogP contribution in [0.15, 0.2) is 84.9 Å². The molecule has 4 aliphatic rings. The predicted octanol–water partition coefficient (Wildman–Crippen LogP) is 6.96. The van der Waals surface area contributed by atoms with E-state index >= 15 is 0 Å². The largest absolute Gasteiger partial charge is 0.307 e. The number of fused-ring (bicyclic) bond motifs is 2. The maximum absolute atomic E-state index is 4.12. The van der Waals surface area contributed by atoms with Crippen molar-refractivity contribution in [3.63, 3.8) is 0 Å². The molecule has 0 unspecified atom stereocenters. The maximum atomic E-state index is 4.12. The fourth-order valence-corrected chi connectivity index (χ4v) is 7.95. The van der Waals surface area contributed by atoms with Crippen LogP contribution in [-0.4, -0.2) is 11.1 Å². The van der Waals surface area contributed by atoms with Crippen LogP contribution in [0.3, 0.4) is 0 Å². The molecule has 4 bridgehead atoms. The van der Waals surface area contributed by atoms with Crippen molar-refractivity contribution in [2.24, 2.45) is 11.8 Å². The third-order valence-electron chi connectivity index (χ3n) is 9.02. The summed E-state index contributed by atoms with van der Waals surface area (Å²) in [7, 11) is 0. The molecular formula is C32H34N2. The number of rotatable bonds is 6. The van der Waals surface area contributed by atoms with Gasteiger partial charge in [-0.05, 0) is 95.2 Å². The lowest BCUT2D eigenvalue weighted by atomic mass is 9.50. The Morgan fingerprint density at radius 3 is 1.47 bits per heavy atom. The second-order valence-electron chi connectivity index (χ2n) is 11.6. The van der Waals surface area contributed by atoms with E-state index in [1.165, 1.54) is 71.2 Å². The first kappa shape index (κ1) is 20.7. The molecule has 0 heterocycles. The van der Waals surface area contributed by atoms with Gasteiger partial charge in [0.15, 0.2) is 0 Å². The maximum Gasteiger partial charge on any atom is 0.0210 e. The summed E-state index contributed by atoms with van der Waals surface area (Å²) in [6.45, 7) is 1.95. The van der Waals surface area contributed by atoms with Gasteiger partial charge in [0, 0.05) is 24.2 Å². The monoisotopic (exact) mass is 446 g/mol. The highest BCUT2D eigenvalue weighted by molar-refractivity contribution is 5.83. The van der Waals surface area contributed by atoms with E-state index in [1.54, 1.807) is 0 Å². The van der Waals surface area contributed by atoms with E-state index < -0.39 is 0 Å². The Bertz CT molecular complexity index is 1240. The molecular weight excluding hydrogens is 412 g/mol. The molecule has 2 N–H and O–H groups in total. The van der Waals surface area contributed by atoms with Crippen molar-refractivity contribution in [3.05, 3.63) is 96.1 Å². The number of nitrogens with one attached hydrogen (secondary N) is 2. The second-order valence-corrected chi connectivity index (χ2v) is 11.6. The lowest BCUT2D eigenvalue weighted by molar-refractivity contribution is -0.0535. The van der Waals surface area contributed by atoms with E-state index in [4.69, 9.17) is 0 Å². The number of hydrogen-bond donors (Lipinski definition) is 2. The molecule has 4 aliphatic carbocycles. The van der Waals surface area contributed by atoms with Crippen LogP contribution in [0, 0.1) is 11.8 Å². The van der Waals surface area contributed by atoms with Gasteiger partial charge in [-0.15, -0.1) is 0 Å². The van der Waals surface area contributed by atoms with Crippen molar-refractivity contribution in [1.82, 2.24) is 10.6 Å². The summed E-state index contributed by atoms with van der Waals surface area (Å²) < 4.78 is 0. The zero-order valence-corrected chi connectivity index (χ0v) is 19.9. The van der Waals surface area contributed by atoms with Gasteiger partial charge >= 0.3 is 0 Å². The molecule has 0 aliphatic heterocycles. The Balaban J connectivity index is 1.08. The second kappa shape index (κ2) is 7.93. The average Bonchev–Trinajstić information content (AvgIpc) is 2.85. The minimum Gasteiger partial charge on any atom is -0.307 e. The first-order valence-corrected chi connectivity index (χ1v) is 13.1. The summed E-state index contributed by atoms with van der Waals surface area (Å²) in [6.07, 6.45) is 8.15. The van der Waals surface area contributed by atoms with Gasteiger partial charge < -0.3 is 10.6 Å². The molecule has 0 aromatic heterocycles. The zero-order valence-electron chi connectivity index (χ0n) is 19.9. The van der Waals surface area contributed by atoms with E-state index in [-0.39, 0.29) is 0 Å². The lowest BCUT2D eigenvalue weighted by Gasteiger charge is -2.62. The molecule has 172 valence electrons. The van der Waals surface area contributed by atoms with Gasteiger partial charge in [0.2, 0.25) is 0 Å². The Morgan fingerprint density at radius 2 is 1.00 bits per heavy atom. The van der Waals surface area contributed by atoms with Crippen LogP contribution in [0.5, 0.6) is 0 Å². The van der Waals surface area contributed by atoms with Crippen LogP contribution in [0.25, 0.3) is 21.5 Å². The summed E-state index contributed by atoms with van der Waals surface area (Å²) in [5, 5.41) is 13.6. The molecule has 0 atom stereocenters. The molecule has 0 radical (unpaired) electrons. The molecule has 34 heavy (non-hydrogen) atoms. The smallest absolute Gasteiger partial charge is 0.0210 e. The van der Waals surface area contributed by atoms with Gasteiger partial charge in [0.1, 0.15) is 0 Å². The minimum absolute atomic E-state index is 0.298. The van der Waals surface area contributed by atoms with Gasteiger partial charge in [-0.2, -0.15) is 0 Å². The van der Waals surface area contributed by atoms with Gasteiger partial charge in [0.25, 0.3) is 0 Å². The van der Waals surface area contributed by atoms with E-state index in [1.807, 2.05) is 0 Å². The first-order chi connectivity index (χ1) is 16.7. The van der Waals surface area contributed by atoms with Crippen molar-refractivity contribution in [1.29, 1.82) is 0 Å². The van der Waals surface area contributed by atoms with E-state index in [0.717, 1.165) is 24.9 Å². The van der Waals surface area contributed by atoms with Crippen molar-refractivity contribution in [2.45, 2.75) is 62.7 Å². The molecule has 4 aromatic rings. The molecule has 2 heteroatoms. The quantitative estimate of drug-likeness (QED) is 0.334. The molecule has 4 fully saturated rings. The van der Waals surface area contributed by atoms with E-state index in [9.17, 15) is 0 Å². The summed E-state index contributed by atoms with van der Waals surface area (Å²) in [6, 6.07) is 31.3. The van der Waals surface area contributed by atoms with Crippen LogP contribution < -0.4 is 10.6 Å². The summed E-state index contributed by atoms with van der Waals surface area (Å²) in [5.74, 6) is 1.74. The Kier molecular flexibility index (Phi) is 4.82. The zero-order chi connectivity index (χ0) is 22.6. The number of hydrogen-bond acceptors (Lipinski definition) is 2. The molecule has 0 saturated heterocycles. The van der Waals surface area contributed by atoms with Crippen LogP contribution in [0.4, 0.5) is 0 Å². The van der Waals surface area contributed by atoms with Crippen LogP contribution >= 0.6 is 0 Å². The molecule has 8 rings (SSSR count). The fraction of sp³-hybridized carbons (Fsp3) is 0.375. The summed E-state index contributed by atoms with van der Waals surface area (Å²) in [5.41, 5.74) is 3.42. The highest BCUT2D eigenvalue weighted by Crippen LogP contribution is 2.57. The van der Waals surface area contributed by atoms with Crippen LogP contribution in [0.1, 0.15) is 49.7 Å². The average molecular weight is 447 g/mol. The Hall–Kier alpha value is -2.68. The van der Waals surface area contributed by atoms with Gasteiger partial charge in [-0.3, -0.25) is 0 Å². The predicted molar refractivity (Wildman–Crippen MR) is 142 cm³/mol. The Morgan fingerprint density at radius 1 is 0.559 bits per heavy atom. The lowest BCUT2D eigenvalue weighted by Crippen LogP contribution is -2.68. The molecule has 0 spiro atoms.